The Hall–Kier alpha value is -3.62. The van der Waals surface area contributed by atoms with Crippen molar-refractivity contribution in [2.45, 2.75) is 6.42 Å². The first kappa shape index (κ1) is 20.7. The molecule has 0 saturated heterocycles. The van der Waals surface area contributed by atoms with E-state index in [0.29, 0.717) is 0 Å². The lowest BCUT2D eigenvalue weighted by Gasteiger charge is -2.14. The second-order valence-electron chi connectivity index (χ2n) is 5.92. The molecule has 0 saturated carbocycles. The van der Waals surface area contributed by atoms with Crippen LogP contribution < -0.4 is 14.8 Å². The van der Waals surface area contributed by atoms with Crippen LogP contribution in [0.2, 0.25) is 0 Å². The molecule has 2 aromatic carbocycles. The molecule has 1 amide bonds. The second kappa shape index (κ2) is 9.36. The molecule has 0 aliphatic heterocycles. The minimum absolute atomic E-state index is 0.109. The monoisotopic (exact) mass is 388 g/mol. The van der Waals surface area contributed by atoms with Gasteiger partial charge in [-0.05, 0) is 12.0 Å². The predicted octanol–water partition coefficient (Wildman–Crippen LogP) is 2.29. The van der Waals surface area contributed by atoms with E-state index < -0.39 is 28.4 Å². The first-order valence-corrected chi connectivity index (χ1v) is 8.32. The summed E-state index contributed by atoms with van der Waals surface area (Å²) in [5.74, 6) is -2.47. The van der Waals surface area contributed by atoms with Gasteiger partial charge in [0.1, 0.15) is 5.56 Å². The molecule has 148 valence electrons. The van der Waals surface area contributed by atoms with Crippen LogP contribution in [0.5, 0.6) is 11.5 Å². The first-order valence-electron chi connectivity index (χ1n) is 8.32. The summed E-state index contributed by atoms with van der Waals surface area (Å²) in [4.78, 5) is 34.6. The highest BCUT2D eigenvalue weighted by molar-refractivity contribution is 5.99. The fraction of sp³-hybridized carbons (Fsp3) is 0.263. The van der Waals surface area contributed by atoms with Crippen molar-refractivity contribution in [2.75, 3.05) is 20.8 Å². The van der Waals surface area contributed by atoms with Crippen LogP contribution in [-0.4, -0.2) is 42.7 Å². The van der Waals surface area contributed by atoms with Crippen molar-refractivity contribution < 1.29 is 29.1 Å². The third kappa shape index (κ3) is 4.97. The molecular formula is C19H20N2O7. The number of methoxy groups -OCH3 is 2. The molecule has 0 radical (unpaired) electrons. The number of carbonyl (C=O) groups is 2. The van der Waals surface area contributed by atoms with Gasteiger partial charge in [-0.2, -0.15) is 0 Å². The molecule has 0 bridgehead atoms. The number of nitro groups is 1. The molecule has 0 aromatic heterocycles. The Morgan fingerprint density at radius 2 is 1.75 bits per heavy atom. The van der Waals surface area contributed by atoms with Crippen LogP contribution in [-0.2, 0) is 11.2 Å². The largest absolute Gasteiger partial charge is 0.493 e. The molecule has 0 fully saturated rings. The van der Waals surface area contributed by atoms with Crippen LogP contribution >= 0.6 is 0 Å². The van der Waals surface area contributed by atoms with Gasteiger partial charge in [-0.25, -0.2) is 0 Å². The van der Waals surface area contributed by atoms with E-state index >= 15 is 0 Å². The van der Waals surface area contributed by atoms with Crippen LogP contribution in [0, 0.1) is 16.0 Å². The van der Waals surface area contributed by atoms with Crippen molar-refractivity contribution in [1.82, 2.24) is 5.32 Å². The minimum Gasteiger partial charge on any atom is -0.493 e. The molecule has 0 aliphatic carbocycles. The van der Waals surface area contributed by atoms with Gasteiger partial charge in [0, 0.05) is 12.6 Å². The number of benzene rings is 2. The van der Waals surface area contributed by atoms with Gasteiger partial charge < -0.3 is 19.9 Å². The molecule has 1 atom stereocenters. The maximum atomic E-state index is 12.5. The van der Waals surface area contributed by atoms with Crippen molar-refractivity contribution >= 4 is 17.6 Å². The van der Waals surface area contributed by atoms with Crippen LogP contribution in [0.3, 0.4) is 0 Å². The van der Waals surface area contributed by atoms with Gasteiger partial charge in [-0.1, -0.05) is 30.3 Å². The SMILES string of the molecule is COc1cc(C(=O)NCC(Cc2ccccc2)C(=O)O)c([N+](=O)[O-])cc1OC. The lowest BCUT2D eigenvalue weighted by molar-refractivity contribution is -0.385. The number of carboxylic acid groups (broad SMARTS) is 1. The van der Waals surface area contributed by atoms with E-state index in [0.717, 1.165) is 11.6 Å². The fourth-order valence-corrected chi connectivity index (χ4v) is 2.66. The topological polar surface area (TPSA) is 128 Å². The van der Waals surface area contributed by atoms with Crippen molar-refractivity contribution in [3.05, 3.63) is 63.7 Å². The lowest BCUT2D eigenvalue weighted by Crippen LogP contribution is -2.34. The van der Waals surface area contributed by atoms with Crippen molar-refractivity contribution in [3.63, 3.8) is 0 Å². The van der Waals surface area contributed by atoms with Gasteiger partial charge >= 0.3 is 5.97 Å². The summed E-state index contributed by atoms with van der Waals surface area (Å²) < 4.78 is 10.1. The number of nitro benzene ring substituents is 1. The van der Waals surface area contributed by atoms with E-state index in [1.54, 1.807) is 24.3 Å². The van der Waals surface area contributed by atoms with Crippen LogP contribution in [0.15, 0.2) is 42.5 Å². The highest BCUT2D eigenvalue weighted by Gasteiger charge is 2.26. The zero-order valence-electron chi connectivity index (χ0n) is 15.4. The van der Waals surface area contributed by atoms with Crippen molar-refractivity contribution in [1.29, 1.82) is 0 Å². The molecule has 0 spiro atoms. The third-order valence-electron chi connectivity index (χ3n) is 4.13. The van der Waals surface area contributed by atoms with E-state index in [4.69, 9.17) is 9.47 Å². The number of ether oxygens (including phenoxy) is 2. The zero-order chi connectivity index (χ0) is 20.7. The first-order chi connectivity index (χ1) is 13.4. The molecular weight excluding hydrogens is 368 g/mol. The van der Waals surface area contributed by atoms with Gasteiger partial charge in [0.05, 0.1) is 31.1 Å². The number of carbonyl (C=O) groups excluding carboxylic acids is 1. The number of hydrogen-bond acceptors (Lipinski definition) is 6. The maximum absolute atomic E-state index is 12.5. The quantitative estimate of drug-likeness (QED) is 0.498. The van der Waals surface area contributed by atoms with Crippen LogP contribution in [0.25, 0.3) is 0 Å². The number of rotatable bonds is 9. The van der Waals surface area contributed by atoms with E-state index in [1.807, 2.05) is 6.07 Å². The van der Waals surface area contributed by atoms with E-state index in [9.17, 15) is 24.8 Å². The Morgan fingerprint density at radius 3 is 2.29 bits per heavy atom. The Bertz CT molecular complexity index is 868. The molecule has 2 aromatic rings. The molecule has 9 heteroatoms. The predicted molar refractivity (Wildman–Crippen MR) is 99.8 cm³/mol. The standard InChI is InChI=1S/C19H20N2O7/c1-27-16-9-14(15(21(25)26)10-17(16)28-2)18(22)20-11-13(19(23)24)8-12-6-4-3-5-7-12/h3-7,9-10,13H,8,11H2,1-2H3,(H,20,22)(H,23,24). The normalized spacial score (nSPS) is 11.4. The Kier molecular flexibility index (Phi) is 6.91. The average Bonchev–Trinajstić information content (AvgIpc) is 2.70. The smallest absolute Gasteiger partial charge is 0.308 e. The molecule has 2 rings (SSSR count). The number of amides is 1. The van der Waals surface area contributed by atoms with Crippen molar-refractivity contribution in [2.24, 2.45) is 5.92 Å². The Labute approximate surface area is 161 Å². The van der Waals surface area contributed by atoms with Gasteiger partial charge in [0.15, 0.2) is 11.5 Å². The van der Waals surface area contributed by atoms with Gasteiger partial charge in [-0.15, -0.1) is 0 Å². The van der Waals surface area contributed by atoms with E-state index in [1.165, 1.54) is 20.3 Å². The Morgan fingerprint density at radius 1 is 1.14 bits per heavy atom. The second-order valence-corrected chi connectivity index (χ2v) is 5.92. The number of aliphatic carboxylic acids is 1. The highest BCUT2D eigenvalue weighted by Crippen LogP contribution is 2.34. The number of carboxylic acids is 1. The molecule has 0 aliphatic rings. The summed E-state index contributed by atoms with van der Waals surface area (Å²) >= 11 is 0. The third-order valence-corrected chi connectivity index (χ3v) is 4.13. The van der Waals surface area contributed by atoms with Gasteiger partial charge in [0.2, 0.25) is 0 Å². The fourth-order valence-electron chi connectivity index (χ4n) is 2.66. The lowest BCUT2D eigenvalue weighted by atomic mass is 9.99. The van der Waals surface area contributed by atoms with Crippen molar-refractivity contribution in [3.8, 4) is 11.5 Å². The van der Waals surface area contributed by atoms with E-state index in [-0.39, 0.29) is 30.0 Å². The van der Waals surface area contributed by atoms with Crippen LogP contribution in [0.1, 0.15) is 15.9 Å². The minimum atomic E-state index is -1.08. The summed E-state index contributed by atoms with van der Waals surface area (Å²) in [7, 11) is 2.66. The number of nitrogens with zero attached hydrogens (tertiary/aromatic N) is 1. The summed E-state index contributed by atoms with van der Waals surface area (Å²) in [6, 6.07) is 11.3. The summed E-state index contributed by atoms with van der Waals surface area (Å²) in [6.07, 6.45) is 0.213. The average molecular weight is 388 g/mol. The Balaban J connectivity index is 2.20. The molecule has 2 N–H and O–H groups in total. The number of nitrogens with one attached hydrogen (secondary N) is 1. The highest BCUT2D eigenvalue weighted by atomic mass is 16.6. The maximum Gasteiger partial charge on any atom is 0.308 e. The summed E-state index contributed by atoms with van der Waals surface area (Å²) in [6.45, 7) is -0.186. The van der Waals surface area contributed by atoms with E-state index in [2.05, 4.69) is 5.32 Å². The van der Waals surface area contributed by atoms with Gasteiger partial charge in [0.25, 0.3) is 11.6 Å². The zero-order valence-corrected chi connectivity index (χ0v) is 15.4. The molecule has 0 heterocycles. The molecule has 9 nitrogen and oxygen atoms in total. The summed E-state index contributed by atoms with van der Waals surface area (Å²) in [5.41, 5.74) is 0.0952. The number of hydrogen-bond donors (Lipinski definition) is 2. The molecule has 28 heavy (non-hydrogen) atoms. The van der Waals surface area contributed by atoms with Crippen LogP contribution in [0.4, 0.5) is 5.69 Å². The summed E-state index contributed by atoms with van der Waals surface area (Å²) in [5, 5.41) is 23.2. The van der Waals surface area contributed by atoms with Gasteiger partial charge in [-0.3, -0.25) is 19.7 Å². The molecule has 1 unspecified atom stereocenters.